The van der Waals surface area contributed by atoms with Crippen LogP contribution in [0.15, 0.2) is 36.4 Å². The Morgan fingerprint density at radius 3 is 2.61 bits per heavy atom. The van der Waals surface area contributed by atoms with Crippen LogP contribution < -0.4 is 15.0 Å². The van der Waals surface area contributed by atoms with E-state index < -0.39 is 0 Å². The van der Waals surface area contributed by atoms with Crippen molar-refractivity contribution in [2.45, 2.75) is 38.3 Å². The lowest BCUT2D eigenvalue weighted by molar-refractivity contribution is -0.0615. The lowest BCUT2D eigenvalue weighted by atomic mass is 9.93. The summed E-state index contributed by atoms with van der Waals surface area (Å²) in [6.07, 6.45) is 1.65. The minimum absolute atomic E-state index is 0.0512. The molecule has 2 fully saturated rings. The minimum Gasteiger partial charge on any atom is -0.497 e. The Bertz CT molecular complexity index is 911. The summed E-state index contributed by atoms with van der Waals surface area (Å²) in [4.78, 5) is 20.5. The second kappa shape index (κ2) is 9.49. The number of pyridine rings is 1. The summed E-state index contributed by atoms with van der Waals surface area (Å²) in [6.45, 7) is 6.62. The molecule has 1 unspecified atom stereocenters. The molecule has 2 aromatic rings. The summed E-state index contributed by atoms with van der Waals surface area (Å²) in [5, 5.41) is 3.24. The molecule has 7 heteroatoms. The number of hydrogen-bond acceptors (Lipinski definition) is 6. The maximum absolute atomic E-state index is 13.3. The molecule has 1 amide bonds. The fourth-order valence-corrected chi connectivity index (χ4v) is 5.09. The second-order valence-corrected chi connectivity index (χ2v) is 9.89. The van der Waals surface area contributed by atoms with Crippen LogP contribution in [0.5, 0.6) is 5.75 Å². The second-order valence-electron chi connectivity index (χ2n) is 8.67. The summed E-state index contributed by atoms with van der Waals surface area (Å²) in [5.41, 5.74) is 2.30. The molecular weight excluding hydrogens is 410 g/mol. The number of nitrogens with one attached hydrogen (secondary N) is 1. The molecule has 0 radical (unpaired) electrons. The molecule has 1 atom stereocenters. The predicted octanol–water partition coefficient (Wildman–Crippen LogP) is 4.00. The van der Waals surface area contributed by atoms with Crippen LogP contribution in [-0.4, -0.2) is 60.8 Å². The fourth-order valence-electron chi connectivity index (χ4n) is 4.18. The zero-order valence-corrected chi connectivity index (χ0v) is 19.3. The molecule has 2 saturated heterocycles. The first-order chi connectivity index (χ1) is 14.9. The Hall–Kier alpha value is -2.25. The Balaban J connectivity index is 1.61. The normalized spacial score (nSPS) is 20.9. The minimum atomic E-state index is -0.209. The number of aromatic nitrogens is 1. The van der Waals surface area contributed by atoms with Crippen LogP contribution in [0.4, 0.5) is 5.82 Å². The van der Waals surface area contributed by atoms with Crippen molar-refractivity contribution in [1.82, 2.24) is 10.3 Å². The van der Waals surface area contributed by atoms with Gasteiger partial charge in [0.1, 0.15) is 11.6 Å². The van der Waals surface area contributed by atoms with Gasteiger partial charge in [0.2, 0.25) is 0 Å². The highest BCUT2D eigenvalue weighted by molar-refractivity contribution is 7.99. The number of hydrogen-bond donors (Lipinski definition) is 1. The highest BCUT2D eigenvalue weighted by Gasteiger charge is 2.31. The molecule has 0 bridgehead atoms. The summed E-state index contributed by atoms with van der Waals surface area (Å²) >= 11 is 1.94. The van der Waals surface area contributed by atoms with Crippen molar-refractivity contribution in [3.05, 3.63) is 42.0 Å². The summed E-state index contributed by atoms with van der Waals surface area (Å²) in [5.74, 6) is 3.63. The van der Waals surface area contributed by atoms with Crippen LogP contribution in [-0.2, 0) is 4.74 Å². The van der Waals surface area contributed by atoms with Gasteiger partial charge in [0.15, 0.2) is 0 Å². The van der Waals surface area contributed by atoms with Gasteiger partial charge < -0.3 is 19.7 Å². The first-order valence-corrected chi connectivity index (χ1v) is 12.0. The number of methoxy groups -OCH3 is 1. The molecular formula is C24H31N3O3S. The third kappa shape index (κ3) is 5.33. The van der Waals surface area contributed by atoms with Gasteiger partial charge in [0.25, 0.3) is 5.91 Å². The number of anilines is 1. The van der Waals surface area contributed by atoms with Gasteiger partial charge in [0, 0.05) is 42.8 Å². The number of benzene rings is 1. The van der Waals surface area contributed by atoms with Crippen LogP contribution >= 0.6 is 11.8 Å². The zero-order valence-electron chi connectivity index (χ0n) is 18.5. The van der Waals surface area contributed by atoms with Gasteiger partial charge in [-0.05, 0) is 63.1 Å². The van der Waals surface area contributed by atoms with Crippen molar-refractivity contribution in [2.75, 3.05) is 43.2 Å². The summed E-state index contributed by atoms with van der Waals surface area (Å²) in [6, 6.07) is 11.8. The molecule has 6 nitrogen and oxygen atoms in total. The van der Waals surface area contributed by atoms with Gasteiger partial charge in [-0.2, -0.15) is 11.8 Å². The smallest absolute Gasteiger partial charge is 0.255 e. The number of ether oxygens (including phenoxy) is 2. The molecule has 1 aromatic carbocycles. The van der Waals surface area contributed by atoms with E-state index in [2.05, 4.69) is 24.1 Å². The van der Waals surface area contributed by atoms with Crippen molar-refractivity contribution in [3.8, 4) is 17.0 Å². The van der Waals surface area contributed by atoms with Crippen molar-refractivity contribution >= 4 is 23.5 Å². The number of amides is 1. The highest BCUT2D eigenvalue weighted by atomic mass is 32.2. The van der Waals surface area contributed by atoms with E-state index in [0.717, 1.165) is 60.3 Å². The van der Waals surface area contributed by atoms with E-state index in [-0.39, 0.29) is 17.6 Å². The SMILES string of the molecule is COc1ccc(-c2ccc(C(=O)NC3CCOC(C)(C)C3)c(N3CCSCC3)n2)cc1. The fraction of sp³-hybridized carbons (Fsp3) is 0.500. The molecule has 0 saturated carbocycles. The molecule has 1 aromatic heterocycles. The average Bonchev–Trinajstić information content (AvgIpc) is 2.78. The largest absolute Gasteiger partial charge is 0.497 e. The maximum atomic E-state index is 13.3. The van der Waals surface area contributed by atoms with E-state index in [4.69, 9.17) is 14.5 Å². The Morgan fingerprint density at radius 2 is 1.94 bits per heavy atom. The van der Waals surface area contributed by atoms with E-state index in [9.17, 15) is 4.79 Å². The van der Waals surface area contributed by atoms with Gasteiger partial charge in [-0.1, -0.05) is 0 Å². The maximum Gasteiger partial charge on any atom is 0.255 e. The highest BCUT2D eigenvalue weighted by Crippen LogP contribution is 2.29. The van der Waals surface area contributed by atoms with Crippen molar-refractivity contribution in [2.24, 2.45) is 0 Å². The van der Waals surface area contributed by atoms with Crippen molar-refractivity contribution in [3.63, 3.8) is 0 Å². The number of nitrogens with zero attached hydrogens (tertiary/aromatic N) is 2. The number of carbonyl (C=O) groups excluding carboxylic acids is 1. The van der Waals surface area contributed by atoms with Crippen molar-refractivity contribution < 1.29 is 14.3 Å². The molecule has 2 aliphatic rings. The van der Waals surface area contributed by atoms with Gasteiger partial charge in [-0.3, -0.25) is 4.79 Å². The first kappa shape index (κ1) is 22.0. The van der Waals surface area contributed by atoms with Gasteiger partial charge in [0.05, 0.1) is 24.0 Å². The first-order valence-electron chi connectivity index (χ1n) is 10.9. The van der Waals surface area contributed by atoms with Gasteiger partial charge in [-0.15, -0.1) is 0 Å². The van der Waals surface area contributed by atoms with E-state index in [1.165, 1.54) is 0 Å². The Kier molecular flexibility index (Phi) is 6.72. The number of thioether (sulfide) groups is 1. The van der Waals surface area contributed by atoms with Crippen LogP contribution in [0, 0.1) is 0 Å². The predicted molar refractivity (Wildman–Crippen MR) is 126 cm³/mol. The van der Waals surface area contributed by atoms with E-state index >= 15 is 0 Å². The van der Waals surface area contributed by atoms with Gasteiger partial charge in [-0.25, -0.2) is 4.98 Å². The Labute approximate surface area is 188 Å². The molecule has 3 heterocycles. The van der Waals surface area contributed by atoms with E-state index in [1.54, 1.807) is 7.11 Å². The molecule has 2 aliphatic heterocycles. The number of rotatable bonds is 5. The topological polar surface area (TPSA) is 63.7 Å². The lowest BCUT2D eigenvalue weighted by Gasteiger charge is -2.36. The van der Waals surface area contributed by atoms with E-state index in [1.807, 2.05) is 48.2 Å². The monoisotopic (exact) mass is 441 g/mol. The summed E-state index contributed by atoms with van der Waals surface area (Å²) in [7, 11) is 1.66. The molecule has 0 aliphatic carbocycles. The third-order valence-electron chi connectivity index (χ3n) is 5.85. The van der Waals surface area contributed by atoms with Gasteiger partial charge >= 0.3 is 0 Å². The third-order valence-corrected chi connectivity index (χ3v) is 6.79. The lowest BCUT2D eigenvalue weighted by Crippen LogP contribution is -2.46. The van der Waals surface area contributed by atoms with Crippen LogP contribution in [0.2, 0.25) is 0 Å². The molecule has 31 heavy (non-hydrogen) atoms. The van der Waals surface area contributed by atoms with Crippen molar-refractivity contribution in [1.29, 1.82) is 0 Å². The number of carbonyl (C=O) groups is 1. The average molecular weight is 442 g/mol. The van der Waals surface area contributed by atoms with E-state index in [0.29, 0.717) is 12.2 Å². The molecule has 4 rings (SSSR count). The van der Waals surface area contributed by atoms with Crippen LogP contribution in [0.3, 0.4) is 0 Å². The van der Waals surface area contributed by atoms with Crippen LogP contribution in [0.25, 0.3) is 11.3 Å². The molecule has 166 valence electrons. The quantitative estimate of drug-likeness (QED) is 0.757. The molecule has 0 spiro atoms. The zero-order chi connectivity index (χ0) is 21.8. The van der Waals surface area contributed by atoms with Crippen LogP contribution in [0.1, 0.15) is 37.0 Å². The summed E-state index contributed by atoms with van der Waals surface area (Å²) < 4.78 is 11.1. The Morgan fingerprint density at radius 1 is 1.19 bits per heavy atom. The standard InChI is InChI=1S/C24H31N3O3S/c1-24(2)16-18(10-13-30-24)25-23(28)20-8-9-21(17-4-6-19(29-3)7-5-17)26-22(20)27-11-14-31-15-12-27/h4-9,18H,10-16H2,1-3H3,(H,25,28). The molecule has 1 N–H and O–H groups in total.